The summed E-state index contributed by atoms with van der Waals surface area (Å²) < 4.78 is 5.00. The number of aliphatic carboxylic acids is 1. The van der Waals surface area contributed by atoms with Crippen molar-refractivity contribution in [2.45, 2.75) is 37.7 Å². The van der Waals surface area contributed by atoms with E-state index in [1.807, 2.05) is 30.3 Å². The molecule has 1 fully saturated rings. The van der Waals surface area contributed by atoms with Gasteiger partial charge in [0.2, 0.25) is 0 Å². The Balaban J connectivity index is 0.000000257. The van der Waals surface area contributed by atoms with Gasteiger partial charge in [0.1, 0.15) is 11.4 Å². The van der Waals surface area contributed by atoms with Crippen molar-refractivity contribution in [3.63, 3.8) is 0 Å². The Morgan fingerprint density at radius 3 is 2.21 bits per heavy atom. The first-order valence-corrected chi connectivity index (χ1v) is 11.2. The van der Waals surface area contributed by atoms with Crippen molar-refractivity contribution in [2.75, 3.05) is 27.7 Å². The number of carboxylic acids is 1. The van der Waals surface area contributed by atoms with E-state index in [4.69, 9.17) is 4.74 Å². The number of methoxy groups -OCH3 is 1. The molecule has 0 radical (unpaired) electrons. The molecule has 7 heteroatoms. The Bertz CT molecular complexity index is 926. The fourth-order valence-electron chi connectivity index (χ4n) is 3.86. The highest BCUT2D eigenvalue weighted by molar-refractivity contribution is 6.04. The van der Waals surface area contributed by atoms with Crippen LogP contribution in [0.1, 0.15) is 52.8 Å². The lowest BCUT2D eigenvalue weighted by Crippen LogP contribution is -3.05. The largest absolute Gasteiger partial charge is 0.550 e. The second-order valence-corrected chi connectivity index (χ2v) is 8.60. The van der Waals surface area contributed by atoms with Gasteiger partial charge in [0.05, 0.1) is 34.2 Å². The summed E-state index contributed by atoms with van der Waals surface area (Å²) in [5.41, 5.74) is -0.767. The van der Waals surface area contributed by atoms with Crippen molar-refractivity contribution in [1.29, 1.82) is 0 Å². The maximum absolute atomic E-state index is 12.5. The molecule has 1 aliphatic carbocycles. The predicted molar refractivity (Wildman–Crippen MR) is 122 cm³/mol. The van der Waals surface area contributed by atoms with Crippen molar-refractivity contribution in [1.82, 2.24) is 0 Å². The van der Waals surface area contributed by atoms with Crippen molar-refractivity contribution in [3.8, 4) is 5.75 Å². The zero-order valence-corrected chi connectivity index (χ0v) is 19.5. The highest BCUT2D eigenvalue weighted by atomic mass is 16.5. The molecule has 3 rings (SSSR count). The molecule has 0 bridgehead atoms. The molecule has 0 aromatic heterocycles. The molecule has 33 heavy (non-hydrogen) atoms. The number of carbonyl (C=O) groups excluding carboxylic acids is 3. The minimum atomic E-state index is -1.87. The van der Waals surface area contributed by atoms with Gasteiger partial charge in [-0.3, -0.25) is 9.59 Å². The molecule has 0 aliphatic heterocycles. The van der Waals surface area contributed by atoms with Gasteiger partial charge in [-0.1, -0.05) is 43.2 Å². The summed E-state index contributed by atoms with van der Waals surface area (Å²) in [6, 6.07) is 15.7. The monoisotopic (exact) mass is 455 g/mol. The molecule has 2 N–H and O–H groups in total. The van der Waals surface area contributed by atoms with E-state index in [-0.39, 0.29) is 24.2 Å². The highest BCUT2D eigenvalue weighted by Crippen LogP contribution is 2.36. The van der Waals surface area contributed by atoms with Gasteiger partial charge in [-0.2, -0.15) is 0 Å². The number of rotatable bonds is 8. The number of ketones is 2. The zero-order valence-electron chi connectivity index (χ0n) is 19.5. The summed E-state index contributed by atoms with van der Waals surface area (Å²) in [7, 11) is 5.62. The molecule has 178 valence electrons. The van der Waals surface area contributed by atoms with E-state index in [0.29, 0.717) is 25.0 Å². The average molecular weight is 456 g/mol. The van der Waals surface area contributed by atoms with E-state index in [2.05, 4.69) is 14.1 Å². The Labute approximate surface area is 195 Å². The standard InChI is InChI=1S/C15H18O5.C11H15NO/c1-20-11-7-5-10(6-8-11)13(16)15(19)9-3-2-4-12(15)14(17)18;1-12(2)9-8-11(13)10-6-4-3-5-7-10/h5-8,12,19H,2-4,9H2,1H3,(H,17,18);3-7H,8-9H2,1-2H3. The van der Waals surface area contributed by atoms with Gasteiger partial charge in [0.15, 0.2) is 11.6 Å². The molecule has 0 saturated heterocycles. The van der Waals surface area contributed by atoms with Crippen molar-refractivity contribution < 1.29 is 34.2 Å². The molecule has 1 saturated carbocycles. The number of nitrogens with one attached hydrogen (secondary N) is 1. The minimum absolute atomic E-state index is 0.149. The van der Waals surface area contributed by atoms with Crippen LogP contribution >= 0.6 is 0 Å². The average Bonchev–Trinajstić information content (AvgIpc) is 2.83. The molecular formula is C26H33NO6. The Hall–Kier alpha value is -3.03. The van der Waals surface area contributed by atoms with Crippen LogP contribution in [0.25, 0.3) is 0 Å². The third kappa shape index (κ3) is 7.23. The van der Waals surface area contributed by atoms with Gasteiger partial charge in [0, 0.05) is 23.0 Å². The van der Waals surface area contributed by atoms with E-state index in [0.717, 1.165) is 12.1 Å². The summed E-state index contributed by atoms with van der Waals surface area (Å²) in [5, 5.41) is 21.7. The van der Waals surface area contributed by atoms with Gasteiger partial charge in [0.25, 0.3) is 0 Å². The number of aliphatic hydroxyl groups is 1. The summed E-state index contributed by atoms with van der Waals surface area (Å²) in [4.78, 5) is 36.5. The van der Waals surface area contributed by atoms with Gasteiger partial charge >= 0.3 is 0 Å². The van der Waals surface area contributed by atoms with E-state index < -0.39 is 23.3 Å². The van der Waals surface area contributed by atoms with Crippen LogP contribution in [-0.2, 0) is 4.79 Å². The fourth-order valence-corrected chi connectivity index (χ4v) is 3.86. The van der Waals surface area contributed by atoms with Crippen molar-refractivity contribution in [2.24, 2.45) is 5.92 Å². The number of ether oxygens (including phenoxy) is 1. The van der Waals surface area contributed by atoms with Crippen LogP contribution < -0.4 is 14.7 Å². The summed E-state index contributed by atoms with van der Waals surface area (Å²) in [6.07, 6.45) is 2.35. The Morgan fingerprint density at radius 1 is 1.03 bits per heavy atom. The molecule has 2 atom stereocenters. The number of quaternary nitrogens is 1. The number of hydrogen-bond acceptors (Lipinski definition) is 6. The first-order valence-electron chi connectivity index (χ1n) is 11.2. The molecule has 0 heterocycles. The van der Waals surface area contributed by atoms with Gasteiger partial charge in [-0.05, 0) is 37.1 Å². The zero-order chi connectivity index (χ0) is 24.4. The maximum atomic E-state index is 12.5. The molecule has 2 aromatic rings. The minimum Gasteiger partial charge on any atom is -0.550 e. The highest BCUT2D eigenvalue weighted by Gasteiger charge is 2.46. The molecular weight excluding hydrogens is 422 g/mol. The van der Waals surface area contributed by atoms with E-state index >= 15 is 0 Å². The van der Waals surface area contributed by atoms with Crippen molar-refractivity contribution in [3.05, 3.63) is 65.7 Å². The topological polar surface area (TPSA) is 108 Å². The number of hydrogen-bond donors (Lipinski definition) is 2. The predicted octanol–water partition coefficient (Wildman–Crippen LogP) is 0.953. The molecule has 0 amide bonds. The normalized spacial score (nSPS) is 19.8. The summed E-state index contributed by atoms with van der Waals surface area (Å²) >= 11 is 0. The van der Waals surface area contributed by atoms with Crippen molar-refractivity contribution >= 4 is 17.5 Å². The lowest BCUT2D eigenvalue weighted by molar-refractivity contribution is -0.857. The lowest BCUT2D eigenvalue weighted by atomic mass is 9.71. The van der Waals surface area contributed by atoms with Crippen LogP contribution in [0, 0.1) is 5.92 Å². The summed E-state index contributed by atoms with van der Waals surface area (Å²) in [5.74, 6) is -2.25. The Kier molecular flexibility index (Phi) is 9.75. The van der Waals surface area contributed by atoms with Crippen LogP contribution in [0.3, 0.4) is 0 Å². The number of Topliss-reactive ketones (excluding diaryl/α,β-unsaturated/α-hetero) is 2. The first kappa shape index (κ1) is 26.2. The lowest BCUT2D eigenvalue weighted by Gasteiger charge is -2.39. The number of benzene rings is 2. The second kappa shape index (κ2) is 12.3. The van der Waals surface area contributed by atoms with Crippen LogP contribution in [0.5, 0.6) is 5.75 Å². The number of carboxylic acid groups (broad SMARTS) is 1. The van der Waals surface area contributed by atoms with E-state index in [9.17, 15) is 24.6 Å². The second-order valence-electron chi connectivity index (χ2n) is 8.60. The molecule has 0 spiro atoms. The van der Waals surface area contributed by atoms with Gasteiger partial charge < -0.3 is 24.6 Å². The fraction of sp³-hybridized carbons (Fsp3) is 0.423. The SMILES string of the molecule is COc1ccc(C(=O)C2(O)CCCCC2C(=O)[O-])cc1.C[NH+](C)CCC(=O)c1ccccc1. The van der Waals surface area contributed by atoms with Crippen LogP contribution in [-0.4, -0.2) is 56.0 Å². The number of carbonyl (C=O) groups is 3. The van der Waals surface area contributed by atoms with Crippen LogP contribution in [0.15, 0.2) is 54.6 Å². The molecule has 2 aromatic carbocycles. The third-order valence-electron chi connectivity index (χ3n) is 5.85. The Morgan fingerprint density at radius 2 is 1.67 bits per heavy atom. The molecule has 7 nitrogen and oxygen atoms in total. The first-order chi connectivity index (χ1) is 15.7. The van der Waals surface area contributed by atoms with E-state index in [1.165, 1.54) is 24.1 Å². The van der Waals surface area contributed by atoms with Crippen LogP contribution in [0.2, 0.25) is 0 Å². The quantitative estimate of drug-likeness (QED) is 0.574. The van der Waals surface area contributed by atoms with Crippen LogP contribution in [0.4, 0.5) is 0 Å². The van der Waals surface area contributed by atoms with Gasteiger partial charge in [-0.25, -0.2) is 0 Å². The molecule has 2 unspecified atom stereocenters. The smallest absolute Gasteiger partial charge is 0.195 e. The third-order valence-corrected chi connectivity index (χ3v) is 5.85. The van der Waals surface area contributed by atoms with Gasteiger partial charge in [-0.15, -0.1) is 0 Å². The maximum Gasteiger partial charge on any atom is 0.195 e. The molecule has 1 aliphatic rings. The van der Waals surface area contributed by atoms with E-state index in [1.54, 1.807) is 12.1 Å². The summed E-state index contributed by atoms with van der Waals surface area (Å²) in [6.45, 7) is 0.897.